The molecule has 0 spiro atoms. The molecule has 0 saturated heterocycles. The van der Waals surface area contributed by atoms with Crippen molar-refractivity contribution in [2.45, 2.75) is 13.3 Å². The van der Waals surface area contributed by atoms with E-state index in [9.17, 15) is 9.59 Å². The van der Waals surface area contributed by atoms with E-state index in [1.807, 2.05) is 18.3 Å². The Labute approximate surface area is 144 Å². The summed E-state index contributed by atoms with van der Waals surface area (Å²) in [6.45, 7) is 1.45. The quantitative estimate of drug-likeness (QED) is 0.672. The third kappa shape index (κ3) is 3.75. The standard InChI is InChI=1S/C18H16ClN3O2/c1-11(23)21-14-3-5-15(6-4-14)22-18(24)8-12-10-20-17-7-2-13(19)9-16(12)17/h2-7,9-10,20H,8H2,1H3,(H,21,23)(H,22,24). The van der Waals surface area contributed by atoms with Crippen molar-refractivity contribution in [1.82, 2.24) is 4.98 Å². The van der Waals surface area contributed by atoms with E-state index < -0.39 is 0 Å². The van der Waals surface area contributed by atoms with Crippen molar-refractivity contribution in [3.8, 4) is 0 Å². The molecule has 0 saturated carbocycles. The van der Waals surface area contributed by atoms with Crippen LogP contribution in [-0.4, -0.2) is 16.8 Å². The molecule has 24 heavy (non-hydrogen) atoms. The highest BCUT2D eigenvalue weighted by atomic mass is 35.5. The van der Waals surface area contributed by atoms with Crippen molar-refractivity contribution >= 4 is 45.7 Å². The van der Waals surface area contributed by atoms with Crippen LogP contribution in [0.2, 0.25) is 5.02 Å². The third-order valence-electron chi connectivity index (χ3n) is 3.57. The molecule has 1 aromatic heterocycles. The van der Waals surface area contributed by atoms with E-state index in [1.165, 1.54) is 6.92 Å². The number of carbonyl (C=O) groups is 2. The minimum absolute atomic E-state index is 0.122. The molecule has 5 nitrogen and oxygen atoms in total. The second-order valence-electron chi connectivity index (χ2n) is 5.49. The number of nitrogens with one attached hydrogen (secondary N) is 3. The van der Waals surface area contributed by atoms with E-state index in [4.69, 9.17) is 11.6 Å². The lowest BCUT2D eigenvalue weighted by atomic mass is 10.1. The fourth-order valence-electron chi connectivity index (χ4n) is 2.52. The molecule has 122 valence electrons. The summed E-state index contributed by atoms with van der Waals surface area (Å²) in [5.74, 6) is -0.257. The van der Waals surface area contributed by atoms with E-state index in [0.717, 1.165) is 16.5 Å². The molecule has 0 aliphatic heterocycles. The SMILES string of the molecule is CC(=O)Nc1ccc(NC(=O)Cc2c[nH]c3ccc(Cl)cc23)cc1. The lowest BCUT2D eigenvalue weighted by Crippen LogP contribution is -2.14. The van der Waals surface area contributed by atoms with Crippen LogP contribution >= 0.6 is 11.6 Å². The highest BCUT2D eigenvalue weighted by molar-refractivity contribution is 6.31. The number of benzene rings is 2. The van der Waals surface area contributed by atoms with E-state index in [2.05, 4.69) is 15.6 Å². The summed E-state index contributed by atoms with van der Waals surface area (Å²) in [6, 6.07) is 12.5. The summed E-state index contributed by atoms with van der Waals surface area (Å²) >= 11 is 6.02. The van der Waals surface area contributed by atoms with Gasteiger partial charge in [0.05, 0.1) is 6.42 Å². The number of carbonyl (C=O) groups excluding carboxylic acids is 2. The van der Waals surface area contributed by atoms with Gasteiger partial charge in [-0.05, 0) is 48.0 Å². The zero-order valence-corrected chi connectivity index (χ0v) is 13.8. The molecule has 2 amide bonds. The molecule has 3 rings (SSSR count). The number of halogens is 1. The Hall–Kier alpha value is -2.79. The molecule has 2 aromatic carbocycles. The third-order valence-corrected chi connectivity index (χ3v) is 3.80. The van der Waals surface area contributed by atoms with Gasteiger partial charge in [-0.15, -0.1) is 0 Å². The van der Waals surface area contributed by atoms with Gasteiger partial charge in [0.2, 0.25) is 11.8 Å². The molecular weight excluding hydrogens is 326 g/mol. The molecule has 3 aromatic rings. The monoisotopic (exact) mass is 341 g/mol. The van der Waals surface area contributed by atoms with Crippen LogP contribution < -0.4 is 10.6 Å². The molecule has 0 bridgehead atoms. The van der Waals surface area contributed by atoms with Crippen molar-refractivity contribution in [2.24, 2.45) is 0 Å². The van der Waals surface area contributed by atoms with Gasteiger partial charge in [-0.25, -0.2) is 0 Å². The molecule has 6 heteroatoms. The maximum atomic E-state index is 12.2. The van der Waals surface area contributed by atoms with E-state index in [-0.39, 0.29) is 18.2 Å². The first-order valence-electron chi connectivity index (χ1n) is 7.44. The summed E-state index contributed by atoms with van der Waals surface area (Å²) in [7, 11) is 0. The van der Waals surface area contributed by atoms with Crippen LogP contribution in [0, 0.1) is 0 Å². The predicted molar refractivity (Wildman–Crippen MR) is 96.4 cm³/mol. The number of hydrogen-bond donors (Lipinski definition) is 3. The average Bonchev–Trinajstić information content (AvgIpc) is 2.91. The van der Waals surface area contributed by atoms with Crippen molar-refractivity contribution in [2.75, 3.05) is 10.6 Å². The zero-order chi connectivity index (χ0) is 17.1. The molecule has 0 radical (unpaired) electrons. The van der Waals surface area contributed by atoms with Crippen LogP contribution in [0.4, 0.5) is 11.4 Å². The maximum absolute atomic E-state index is 12.2. The predicted octanol–water partition coefficient (Wildman–Crippen LogP) is 3.96. The van der Waals surface area contributed by atoms with Gasteiger partial charge < -0.3 is 15.6 Å². The first-order chi connectivity index (χ1) is 11.5. The van der Waals surface area contributed by atoms with Crippen LogP contribution in [0.15, 0.2) is 48.7 Å². The number of aromatic amines is 1. The van der Waals surface area contributed by atoms with Gasteiger partial charge in [-0.2, -0.15) is 0 Å². The van der Waals surface area contributed by atoms with E-state index in [1.54, 1.807) is 30.3 Å². The van der Waals surface area contributed by atoms with E-state index >= 15 is 0 Å². The number of aromatic nitrogens is 1. The Balaban J connectivity index is 1.68. The Kier molecular flexibility index (Phi) is 4.53. The fourth-order valence-corrected chi connectivity index (χ4v) is 2.69. The summed E-state index contributed by atoms with van der Waals surface area (Å²) in [5.41, 5.74) is 3.19. The van der Waals surface area contributed by atoms with Crippen molar-refractivity contribution < 1.29 is 9.59 Å². The van der Waals surface area contributed by atoms with Crippen LogP contribution in [0.1, 0.15) is 12.5 Å². The van der Waals surface area contributed by atoms with Crippen LogP contribution in [0.5, 0.6) is 0 Å². The Morgan fingerprint density at radius 2 is 1.71 bits per heavy atom. The van der Waals surface area contributed by atoms with Gasteiger partial charge in [0.25, 0.3) is 0 Å². The maximum Gasteiger partial charge on any atom is 0.228 e. The molecular formula is C18H16ClN3O2. The normalized spacial score (nSPS) is 10.6. The number of fused-ring (bicyclic) bond motifs is 1. The lowest BCUT2D eigenvalue weighted by molar-refractivity contribution is -0.116. The number of hydrogen-bond acceptors (Lipinski definition) is 2. The van der Waals surface area contributed by atoms with Gasteiger partial charge in [0.15, 0.2) is 0 Å². The van der Waals surface area contributed by atoms with Gasteiger partial charge in [-0.1, -0.05) is 11.6 Å². The number of H-pyrrole nitrogens is 1. The average molecular weight is 342 g/mol. The van der Waals surface area contributed by atoms with Gasteiger partial charge in [0.1, 0.15) is 0 Å². The van der Waals surface area contributed by atoms with Crippen molar-refractivity contribution in [3.63, 3.8) is 0 Å². The molecule has 0 unspecified atom stereocenters. The van der Waals surface area contributed by atoms with Crippen molar-refractivity contribution in [1.29, 1.82) is 0 Å². The first kappa shape index (κ1) is 16.1. The van der Waals surface area contributed by atoms with Crippen LogP contribution in [-0.2, 0) is 16.0 Å². The summed E-state index contributed by atoms with van der Waals surface area (Å²) < 4.78 is 0. The highest BCUT2D eigenvalue weighted by Crippen LogP contribution is 2.23. The summed E-state index contributed by atoms with van der Waals surface area (Å²) in [4.78, 5) is 26.4. The number of rotatable bonds is 4. The van der Waals surface area contributed by atoms with E-state index in [0.29, 0.717) is 16.4 Å². The molecule has 0 aliphatic rings. The van der Waals surface area contributed by atoms with Crippen molar-refractivity contribution in [3.05, 3.63) is 59.2 Å². The smallest absolute Gasteiger partial charge is 0.228 e. The van der Waals surface area contributed by atoms with Crippen LogP contribution in [0.3, 0.4) is 0 Å². The molecule has 1 heterocycles. The first-order valence-corrected chi connectivity index (χ1v) is 7.82. The summed E-state index contributed by atoms with van der Waals surface area (Å²) in [5, 5.41) is 7.10. The molecule has 0 fully saturated rings. The summed E-state index contributed by atoms with van der Waals surface area (Å²) in [6.07, 6.45) is 2.06. The topological polar surface area (TPSA) is 74.0 Å². The molecule has 0 atom stereocenters. The highest BCUT2D eigenvalue weighted by Gasteiger charge is 2.10. The number of amides is 2. The second kappa shape index (κ2) is 6.76. The Morgan fingerprint density at radius 1 is 1.04 bits per heavy atom. The molecule has 0 aliphatic carbocycles. The molecule has 3 N–H and O–H groups in total. The van der Waals surface area contributed by atoms with Gasteiger partial charge >= 0.3 is 0 Å². The Morgan fingerprint density at radius 3 is 2.38 bits per heavy atom. The minimum Gasteiger partial charge on any atom is -0.361 e. The minimum atomic E-state index is -0.134. The Bertz CT molecular complexity index is 900. The fraction of sp³-hybridized carbons (Fsp3) is 0.111. The zero-order valence-electron chi connectivity index (χ0n) is 13.0. The lowest BCUT2D eigenvalue weighted by Gasteiger charge is -2.07. The van der Waals surface area contributed by atoms with Gasteiger partial charge in [-0.3, -0.25) is 9.59 Å². The van der Waals surface area contributed by atoms with Crippen LogP contribution in [0.25, 0.3) is 10.9 Å². The van der Waals surface area contributed by atoms with Gasteiger partial charge in [0, 0.05) is 40.4 Å². The second-order valence-corrected chi connectivity index (χ2v) is 5.92. The number of anilines is 2. The largest absolute Gasteiger partial charge is 0.361 e.